The molecular weight excluding hydrogens is 519 g/mol. The molecular formula is C24H37IN4O3. The molecule has 0 aliphatic rings. The molecule has 7 nitrogen and oxygen atoms in total. The van der Waals surface area contributed by atoms with E-state index in [0.717, 1.165) is 35.3 Å². The van der Waals surface area contributed by atoms with Gasteiger partial charge in [0.2, 0.25) is 0 Å². The van der Waals surface area contributed by atoms with Crippen molar-refractivity contribution in [1.29, 1.82) is 0 Å². The minimum Gasteiger partial charge on any atom is -0.494 e. The summed E-state index contributed by atoms with van der Waals surface area (Å²) in [5, 5.41) is 3.50. The van der Waals surface area contributed by atoms with Crippen molar-refractivity contribution in [3.63, 3.8) is 0 Å². The third kappa shape index (κ3) is 7.74. The van der Waals surface area contributed by atoms with Crippen LogP contribution in [-0.2, 0) is 6.54 Å². The quantitative estimate of drug-likeness (QED) is 0.271. The van der Waals surface area contributed by atoms with E-state index in [-0.39, 0.29) is 30.0 Å². The Morgan fingerprint density at radius 3 is 2.19 bits per heavy atom. The zero-order valence-corrected chi connectivity index (χ0v) is 22.5. The molecule has 178 valence electrons. The molecule has 1 unspecified atom stereocenters. The normalized spacial score (nSPS) is 12.1. The van der Waals surface area contributed by atoms with Crippen LogP contribution in [0.2, 0.25) is 0 Å². The molecule has 0 bridgehead atoms. The molecule has 0 spiro atoms. The largest absolute Gasteiger partial charge is 0.494 e. The maximum absolute atomic E-state index is 5.52. The van der Waals surface area contributed by atoms with E-state index in [1.165, 1.54) is 5.56 Å². The number of ether oxygens (including phenoxy) is 3. The van der Waals surface area contributed by atoms with E-state index in [1.807, 2.05) is 38.2 Å². The second-order valence-electron chi connectivity index (χ2n) is 7.45. The number of benzene rings is 2. The number of hydrogen-bond donors (Lipinski definition) is 1. The Balaban J connectivity index is 0.00000512. The van der Waals surface area contributed by atoms with Crippen LogP contribution in [0, 0.1) is 0 Å². The summed E-state index contributed by atoms with van der Waals surface area (Å²) in [6.45, 7) is 4.10. The Kier molecular flexibility index (Phi) is 12.2. The zero-order chi connectivity index (χ0) is 22.8. The molecule has 8 heteroatoms. The number of hydrogen-bond acceptors (Lipinski definition) is 5. The summed E-state index contributed by atoms with van der Waals surface area (Å²) in [7, 11) is 11.3. The van der Waals surface area contributed by atoms with Crippen LogP contribution in [0.4, 0.5) is 0 Å². The molecule has 2 aromatic rings. The van der Waals surface area contributed by atoms with Gasteiger partial charge in [-0.25, -0.2) is 0 Å². The van der Waals surface area contributed by atoms with Crippen molar-refractivity contribution < 1.29 is 14.2 Å². The van der Waals surface area contributed by atoms with Crippen LogP contribution < -0.4 is 19.5 Å². The first kappa shape index (κ1) is 27.8. The number of methoxy groups -OCH3 is 2. The maximum Gasteiger partial charge on any atom is 0.193 e. The van der Waals surface area contributed by atoms with E-state index in [1.54, 1.807) is 21.3 Å². The fraction of sp³-hybridized carbons (Fsp3) is 0.458. The monoisotopic (exact) mass is 556 g/mol. The maximum atomic E-state index is 5.52. The number of halogens is 1. The van der Waals surface area contributed by atoms with Gasteiger partial charge in [-0.05, 0) is 56.4 Å². The van der Waals surface area contributed by atoms with Gasteiger partial charge in [-0.2, -0.15) is 0 Å². The van der Waals surface area contributed by atoms with Crippen LogP contribution in [0.15, 0.2) is 47.5 Å². The summed E-state index contributed by atoms with van der Waals surface area (Å²) in [5.74, 6) is 3.17. The Labute approximate surface area is 209 Å². The molecule has 0 aliphatic heterocycles. The molecule has 0 aromatic heterocycles. The van der Waals surface area contributed by atoms with Crippen molar-refractivity contribution in [2.24, 2.45) is 4.99 Å². The van der Waals surface area contributed by atoms with Gasteiger partial charge >= 0.3 is 0 Å². The molecule has 32 heavy (non-hydrogen) atoms. The third-order valence-electron chi connectivity index (χ3n) is 5.10. The lowest BCUT2D eigenvalue weighted by atomic mass is 10.1. The molecule has 1 atom stereocenters. The highest BCUT2D eigenvalue weighted by atomic mass is 127. The van der Waals surface area contributed by atoms with Crippen molar-refractivity contribution in [2.45, 2.75) is 19.5 Å². The highest BCUT2D eigenvalue weighted by Crippen LogP contribution is 2.31. The highest BCUT2D eigenvalue weighted by Gasteiger charge is 2.18. The number of aliphatic imine (C=N–C) groups is 1. The van der Waals surface area contributed by atoms with Crippen molar-refractivity contribution in [3.05, 3.63) is 53.6 Å². The fourth-order valence-electron chi connectivity index (χ4n) is 3.44. The van der Waals surface area contributed by atoms with Crippen molar-refractivity contribution >= 4 is 29.9 Å². The highest BCUT2D eigenvalue weighted by molar-refractivity contribution is 14.0. The van der Waals surface area contributed by atoms with Gasteiger partial charge in [-0.15, -0.1) is 24.0 Å². The van der Waals surface area contributed by atoms with Crippen LogP contribution in [0.5, 0.6) is 17.2 Å². The van der Waals surface area contributed by atoms with Crippen molar-refractivity contribution in [1.82, 2.24) is 15.1 Å². The van der Waals surface area contributed by atoms with Gasteiger partial charge in [-0.1, -0.05) is 18.2 Å². The van der Waals surface area contributed by atoms with E-state index >= 15 is 0 Å². The summed E-state index contributed by atoms with van der Waals surface area (Å²) in [4.78, 5) is 8.74. The molecule has 0 saturated heterocycles. The van der Waals surface area contributed by atoms with Gasteiger partial charge in [0.15, 0.2) is 17.5 Å². The average Bonchev–Trinajstić information content (AvgIpc) is 2.77. The van der Waals surface area contributed by atoms with Gasteiger partial charge in [-0.3, -0.25) is 4.99 Å². The Hall–Kier alpha value is -2.20. The lowest BCUT2D eigenvalue weighted by Crippen LogP contribution is -2.42. The summed E-state index contributed by atoms with van der Waals surface area (Å²) in [6.07, 6.45) is 0. The fourth-order valence-corrected chi connectivity index (χ4v) is 3.44. The van der Waals surface area contributed by atoms with Crippen LogP contribution in [0.1, 0.15) is 24.1 Å². The van der Waals surface area contributed by atoms with Crippen LogP contribution >= 0.6 is 24.0 Å². The second kappa shape index (κ2) is 14.1. The topological polar surface area (TPSA) is 58.6 Å². The van der Waals surface area contributed by atoms with E-state index in [9.17, 15) is 0 Å². The Morgan fingerprint density at radius 2 is 1.66 bits per heavy atom. The van der Waals surface area contributed by atoms with Crippen molar-refractivity contribution in [3.8, 4) is 17.2 Å². The smallest absolute Gasteiger partial charge is 0.193 e. The summed E-state index contributed by atoms with van der Waals surface area (Å²) in [6, 6.07) is 14.3. The second-order valence-corrected chi connectivity index (χ2v) is 7.45. The molecule has 2 rings (SSSR count). The van der Waals surface area contributed by atoms with Crippen molar-refractivity contribution in [2.75, 3.05) is 55.6 Å². The average molecular weight is 556 g/mol. The number of nitrogens with zero attached hydrogens (tertiary/aromatic N) is 3. The number of guanidine groups is 1. The van der Waals surface area contributed by atoms with E-state index in [0.29, 0.717) is 13.2 Å². The van der Waals surface area contributed by atoms with Crippen LogP contribution in [0.25, 0.3) is 0 Å². The zero-order valence-electron chi connectivity index (χ0n) is 20.2. The molecule has 0 aliphatic carbocycles. The molecule has 0 amide bonds. The predicted octanol–water partition coefficient (Wildman–Crippen LogP) is 4.03. The first-order valence-electron chi connectivity index (χ1n) is 10.4. The Morgan fingerprint density at radius 1 is 1.00 bits per heavy atom. The SMILES string of the molecule is CCOc1ccc(CN(C)C(=NC)NCC(c2ccc(OC)c(OC)c2)N(C)C)cc1.I. The van der Waals surface area contributed by atoms with Gasteiger partial charge in [0.25, 0.3) is 0 Å². The van der Waals surface area contributed by atoms with E-state index in [4.69, 9.17) is 14.2 Å². The third-order valence-corrected chi connectivity index (χ3v) is 5.10. The summed E-state index contributed by atoms with van der Waals surface area (Å²) >= 11 is 0. The minimum absolute atomic E-state index is 0. The summed E-state index contributed by atoms with van der Waals surface area (Å²) in [5.41, 5.74) is 2.33. The first-order chi connectivity index (χ1) is 14.9. The minimum atomic E-state index is 0. The molecule has 2 aromatic carbocycles. The van der Waals surface area contributed by atoms with Crippen LogP contribution in [-0.4, -0.2) is 71.3 Å². The standard InChI is InChI=1S/C24H36N4O3.HI/c1-8-31-20-12-9-18(10-13-20)17-28(5)24(25-2)26-16-21(27(3)4)19-11-14-22(29-6)23(15-19)30-7;/h9-15,21H,8,16-17H2,1-7H3,(H,25,26);1H. The van der Waals surface area contributed by atoms with Gasteiger partial charge < -0.3 is 29.3 Å². The molecule has 0 radical (unpaired) electrons. The van der Waals surface area contributed by atoms with E-state index in [2.05, 4.69) is 52.4 Å². The molecule has 0 heterocycles. The lowest BCUT2D eigenvalue weighted by molar-refractivity contribution is 0.293. The summed E-state index contributed by atoms with van der Waals surface area (Å²) < 4.78 is 16.4. The Bertz CT molecular complexity index is 844. The molecule has 0 saturated carbocycles. The van der Waals surface area contributed by atoms with Gasteiger partial charge in [0, 0.05) is 27.2 Å². The van der Waals surface area contributed by atoms with Crippen LogP contribution in [0.3, 0.4) is 0 Å². The van der Waals surface area contributed by atoms with Gasteiger partial charge in [0.1, 0.15) is 5.75 Å². The lowest BCUT2D eigenvalue weighted by Gasteiger charge is -2.29. The predicted molar refractivity (Wildman–Crippen MR) is 142 cm³/mol. The molecule has 0 fully saturated rings. The number of likely N-dealkylation sites (N-methyl/N-ethyl adjacent to an activating group) is 1. The first-order valence-corrected chi connectivity index (χ1v) is 10.4. The molecule has 1 N–H and O–H groups in total. The van der Waals surface area contributed by atoms with E-state index < -0.39 is 0 Å². The van der Waals surface area contributed by atoms with Gasteiger partial charge in [0.05, 0.1) is 26.9 Å². The number of rotatable bonds is 10. The number of nitrogens with one attached hydrogen (secondary N) is 1.